The van der Waals surface area contributed by atoms with Crippen molar-refractivity contribution in [2.24, 2.45) is 0 Å². The number of hydrogen-bond donors (Lipinski definition) is 0. The van der Waals surface area contributed by atoms with Crippen molar-refractivity contribution in [3.05, 3.63) is 82.0 Å². The molecule has 1 aliphatic heterocycles. The van der Waals surface area contributed by atoms with Gasteiger partial charge in [0, 0.05) is 54.6 Å². The van der Waals surface area contributed by atoms with Crippen LogP contribution >= 0.6 is 11.6 Å². The third kappa shape index (κ3) is 3.74. The zero-order valence-corrected chi connectivity index (χ0v) is 18.6. The van der Waals surface area contributed by atoms with E-state index in [4.69, 9.17) is 11.6 Å². The Hall–Kier alpha value is -2.96. The first-order valence-electron chi connectivity index (χ1n) is 10.8. The van der Waals surface area contributed by atoms with Gasteiger partial charge in [-0.2, -0.15) is 0 Å². The van der Waals surface area contributed by atoms with Crippen molar-refractivity contribution in [1.29, 1.82) is 0 Å². The van der Waals surface area contributed by atoms with Crippen molar-refractivity contribution >= 4 is 22.5 Å². The van der Waals surface area contributed by atoms with Gasteiger partial charge in [-0.1, -0.05) is 24.6 Å². The molecular formula is C25H24ClFN4O. The molecule has 1 aromatic carbocycles. The van der Waals surface area contributed by atoms with Gasteiger partial charge in [0.2, 0.25) is 0 Å². The number of aromatic nitrogens is 3. The van der Waals surface area contributed by atoms with Gasteiger partial charge in [-0.25, -0.2) is 4.39 Å². The molecule has 1 saturated heterocycles. The van der Waals surface area contributed by atoms with Crippen molar-refractivity contribution in [2.45, 2.75) is 19.4 Å². The second-order valence-electron chi connectivity index (χ2n) is 8.20. The lowest BCUT2D eigenvalue weighted by atomic mass is 9.91. The standard InChI is InChI=1S/C25H24ClFN4O/c1-2-29-14-18(15-29)22-16-30(10-8-27)24-12-20(4-5-21(22)24)31-9-7-17(11-25(31)32)23-6-3-19(26)13-28-23/h3-7,9,11-13,16,18H,2,8,10,14-15H2,1H3. The number of alkyl halides is 1. The lowest BCUT2D eigenvalue weighted by Gasteiger charge is -2.38. The Balaban J connectivity index is 1.52. The largest absolute Gasteiger partial charge is 0.344 e. The summed E-state index contributed by atoms with van der Waals surface area (Å²) in [5, 5.41) is 1.69. The zero-order chi connectivity index (χ0) is 22.2. The summed E-state index contributed by atoms with van der Waals surface area (Å²) in [5.74, 6) is 0.470. The number of likely N-dealkylation sites (tertiary alicyclic amines) is 1. The van der Waals surface area contributed by atoms with Gasteiger partial charge in [0.1, 0.15) is 6.67 Å². The SMILES string of the molecule is CCN1CC(c2cn(CCF)c3cc(-n4ccc(-c5ccc(Cl)cn5)cc4=O)ccc23)C1. The average Bonchev–Trinajstić information content (AvgIpc) is 3.11. The fourth-order valence-electron chi connectivity index (χ4n) is 4.48. The number of pyridine rings is 2. The Labute approximate surface area is 190 Å². The van der Waals surface area contributed by atoms with Gasteiger partial charge in [0.05, 0.1) is 28.5 Å². The molecule has 0 radical (unpaired) electrons. The first kappa shape index (κ1) is 20.9. The smallest absolute Gasteiger partial charge is 0.255 e. The van der Waals surface area contributed by atoms with Crippen LogP contribution in [-0.4, -0.2) is 45.3 Å². The Bertz CT molecular complexity index is 1320. The second kappa shape index (κ2) is 8.52. The zero-order valence-electron chi connectivity index (χ0n) is 17.8. The molecule has 4 aromatic rings. The summed E-state index contributed by atoms with van der Waals surface area (Å²) in [5.41, 5.74) is 4.25. The van der Waals surface area contributed by atoms with E-state index in [1.165, 1.54) is 5.56 Å². The maximum Gasteiger partial charge on any atom is 0.255 e. The summed E-state index contributed by atoms with van der Waals surface area (Å²) < 4.78 is 16.8. The highest BCUT2D eigenvalue weighted by molar-refractivity contribution is 6.30. The molecule has 5 nitrogen and oxygen atoms in total. The molecule has 0 atom stereocenters. The minimum Gasteiger partial charge on any atom is -0.344 e. The average molecular weight is 451 g/mol. The third-order valence-electron chi connectivity index (χ3n) is 6.29. The van der Waals surface area contributed by atoms with E-state index < -0.39 is 6.67 Å². The van der Waals surface area contributed by atoms with Crippen LogP contribution in [-0.2, 0) is 6.54 Å². The summed E-state index contributed by atoms with van der Waals surface area (Å²) in [6.45, 7) is 5.16. The number of benzene rings is 1. The summed E-state index contributed by atoms with van der Waals surface area (Å²) in [7, 11) is 0. The minimum absolute atomic E-state index is 0.153. The van der Waals surface area contributed by atoms with E-state index in [2.05, 4.69) is 29.1 Å². The van der Waals surface area contributed by atoms with E-state index in [1.54, 1.807) is 35.2 Å². The maximum absolute atomic E-state index is 13.2. The van der Waals surface area contributed by atoms with E-state index in [1.807, 2.05) is 22.8 Å². The van der Waals surface area contributed by atoms with Crippen LogP contribution in [0, 0.1) is 0 Å². The first-order valence-corrected chi connectivity index (χ1v) is 11.2. The van der Waals surface area contributed by atoms with Gasteiger partial charge < -0.3 is 9.47 Å². The van der Waals surface area contributed by atoms with Crippen molar-refractivity contribution in [3.63, 3.8) is 0 Å². The van der Waals surface area contributed by atoms with Gasteiger partial charge in [-0.15, -0.1) is 0 Å². The summed E-state index contributed by atoms with van der Waals surface area (Å²) >= 11 is 5.91. The third-order valence-corrected chi connectivity index (χ3v) is 6.51. The first-order chi connectivity index (χ1) is 15.6. The van der Waals surface area contributed by atoms with Crippen LogP contribution in [0.15, 0.2) is 65.8 Å². The number of nitrogens with zero attached hydrogens (tertiary/aromatic N) is 4. The molecule has 0 saturated carbocycles. The maximum atomic E-state index is 13.2. The highest BCUT2D eigenvalue weighted by Crippen LogP contribution is 2.34. The topological polar surface area (TPSA) is 43.1 Å². The highest BCUT2D eigenvalue weighted by atomic mass is 35.5. The van der Waals surface area contributed by atoms with Crippen LogP contribution in [0.5, 0.6) is 0 Å². The molecule has 1 aliphatic rings. The number of halogens is 2. The molecule has 1 fully saturated rings. The monoisotopic (exact) mass is 450 g/mol. The van der Waals surface area contributed by atoms with Gasteiger partial charge >= 0.3 is 0 Å². The molecule has 5 rings (SSSR count). The lowest BCUT2D eigenvalue weighted by molar-refractivity contribution is 0.158. The molecule has 0 aliphatic carbocycles. The van der Waals surface area contributed by atoms with Crippen LogP contribution in [0.1, 0.15) is 18.4 Å². The van der Waals surface area contributed by atoms with Crippen molar-refractivity contribution in [3.8, 4) is 16.9 Å². The fraction of sp³-hybridized carbons (Fsp3) is 0.280. The van der Waals surface area contributed by atoms with Crippen LogP contribution < -0.4 is 5.56 Å². The van der Waals surface area contributed by atoms with Crippen LogP contribution in [0.25, 0.3) is 27.8 Å². The number of likely N-dealkylation sites (N-methyl/N-ethyl adjacent to an activating group) is 1. The summed E-state index contributed by atoms with van der Waals surface area (Å²) in [4.78, 5) is 19.6. The van der Waals surface area contributed by atoms with Gasteiger partial charge in [-0.3, -0.25) is 14.3 Å². The molecule has 0 N–H and O–H groups in total. The van der Waals surface area contributed by atoms with Gasteiger partial charge in [0.15, 0.2) is 0 Å². The molecule has 164 valence electrons. The van der Waals surface area contributed by atoms with Crippen molar-refractivity contribution < 1.29 is 4.39 Å². The second-order valence-corrected chi connectivity index (χ2v) is 8.64. The van der Waals surface area contributed by atoms with E-state index >= 15 is 0 Å². The predicted octanol–water partition coefficient (Wildman–Crippen LogP) is 4.90. The molecule has 3 aromatic heterocycles. The van der Waals surface area contributed by atoms with E-state index in [-0.39, 0.29) is 5.56 Å². The number of hydrogen-bond acceptors (Lipinski definition) is 3. The summed E-state index contributed by atoms with van der Waals surface area (Å²) in [6.07, 6.45) is 5.40. The van der Waals surface area contributed by atoms with Crippen LogP contribution in [0.2, 0.25) is 5.02 Å². The quantitative estimate of drug-likeness (QED) is 0.420. The number of aryl methyl sites for hydroxylation is 1. The molecule has 0 spiro atoms. The van der Waals surface area contributed by atoms with Gasteiger partial charge in [-0.05, 0) is 42.4 Å². The molecule has 4 heterocycles. The van der Waals surface area contributed by atoms with Crippen LogP contribution in [0.4, 0.5) is 4.39 Å². The molecule has 7 heteroatoms. The molecule has 32 heavy (non-hydrogen) atoms. The molecule has 0 amide bonds. The van der Waals surface area contributed by atoms with E-state index in [0.29, 0.717) is 23.2 Å². The van der Waals surface area contributed by atoms with E-state index in [9.17, 15) is 9.18 Å². The fourth-order valence-corrected chi connectivity index (χ4v) is 4.59. The van der Waals surface area contributed by atoms with Crippen LogP contribution in [0.3, 0.4) is 0 Å². The molecular weight excluding hydrogens is 427 g/mol. The lowest BCUT2D eigenvalue weighted by Crippen LogP contribution is -2.44. The number of fused-ring (bicyclic) bond motifs is 1. The Morgan fingerprint density at radius 3 is 2.69 bits per heavy atom. The summed E-state index contributed by atoms with van der Waals surface area (Å²) in [6, 6.07) is 13.0. The molecule has 0 unspecified atom stereocenters. The Morgan fingerprint density at radius 2 is 2.00 bits per heavy atom. The Kier molecular flexibility index (Phi) is 5.57. The normalized spacial score (nSPS) is 14.7. The minimum atomic E-state index is -0.429. The highest BCUT2D eigenvalue weighted by Gasteiger charge is 2.29. The Morgan fingerprint density at radius 1 is 1.16 bits per heavy atom. The van der Waals surface area contributed by atoms with Gasteiger partial charge in [0.25, 0.3) is 5.56 Å². The van der Waals surface area contributed by atoms with Crippen molar-refractivity contribution in [1.82, 2.24) is 19.0 Å². The molecule has 0 bridgehead atoms. The van der Waals surface area contributed by atoms with Crippen molar-refractivity contribution in [2.75, 3.05) is 26.3 Å². The van der Waals surface area contributed by atoms with E-state index in [0.717, 1.165) is 41.8 Å². The number of rotatable bonds is 6. The predicted molar refractivity (Wildman–Crippen MR) is 127 cm³/mol.